The molecule has 0 saturated carbocycles. The van der Waals surface area contributed by atoms with E-state index in [1.165, 1.54) is 34.4 Å². The van der Waals surface area contributed by atoms with Gasteiger partial charge in [0.05, 0.1) is 22.4 Å². The van der Waals surface area contributed by atoms with Gasteiger partial charge in [-0.1, -0.05) is 62.0 Å². The number of carbonyl (C=O) groups excluding carboxylic acids is 2. The second-order valence-corrected chi connectivity index (χ2v) is 11.0. The Morgan fingerprint density at radius 3 is 2.60 bits per heavy atom. The number of anilines is 1. The van der Waals surface area contributed by atoms with Crippen LogP contribution in [0.2, 0.25) is 0 Å². The highest BCUT2D eigenvalue weighted by molar-refractivity contribution is 7.99. The second kappa shape index (κ2) is 11.6. The summed E-state index contributed by atoms with van der Waals surface area (Å²) in [5.41, 5.74) is 1.84. The number of rotatable bonds is 10. The van der Waals surface area contributed by atoms with Crippen LogP contribution in [0.3, 0.4) is 0 Å². The molecule has 0 aliphatic heterocycles. The molecule has 3 heterocycles. The third-order valence-electron chi connectivity index (χ3n) is 5.09. The molecule has 35 heavy (non-hydrogen) atoms. The zero-order valence-corrected chi connectivity index (χ0v) is 22.0. The molecule has 1 atom stereocenters. The molecule has 4 rings (SSSR count). The molecule has 4 aromatic rings. The van der Waals surface area contributed by atoms with Gasteiger partial charge in [0.25, 0.3) is 5.91 Å². The topological polar surface area (TPSA) is 102 Å². The van der Waals surface area contributed by atoms with E-state index in [1.807, 2.05) is 58.8 Å². The summed E-state index contributed by atoms with van der Waals surface area (Å²) >= 11 is 4.09. The van der Waals surface area contributed by atoms with Crippen LogP contribution >= 0.6 is 34.4 Å². The fraction of sp³-hybridized carbons (Fsp3) is 0.292. The molecule has 0 saturated heterocycles. The minimum Gasteiger partial charge on any atom is -0.341 e. The van der Waals surface area contributed by atoms with Crippen LogP contribution in [0.1, 0.15) is 41.8 Å². The maximum absolute atomic E-state index is 12.6. The van der Waals surface area contributed by atoms with E-state index in [2.05, 4.69) is 39.7 Å². The summed E-state index contributed by atoms with van der Waals surface area (Å²) in [6.45, 7) is 4.20. The largest absolute Gasteiger partial charge is 0.341 e. The van der Waals surface area contributed by atoms with Crippen molar-refractivity contribution in [3.05, 3.63) is 63.9 Å². The highest BCUT2D eigenvalue weighted by Gasteiger charge is 2.24. The first-order valence-electron chi connectivity index (χ1n) is 11.1. The molecule has 2 amide bonds. The third-order valence-corrected chi connectivity index (χ3v) is 7.74. The molecule has 0 aliphatic carbocycles. The summed E-state index contributed by atoms with van der Waals surface area (Å²) in [5.74, 6) is 0.891. The van der Waals surface area contributed by atoms with Crippen LogP contribution in [0.15, 0.2) is 58.4 Å². The van der Waals surface area contributed by atoms with Gasteiger partial charge in [0, 0.05) is 18.0 Å². The Hall–Kier alpha value is -3.02. The summed E-state index contributed by atoms with van der Waals surface area (Å²) in [6.07, 6.45) is 0.724. The highest BCUT2D eigenvalue weighted by atomic mass is 32.2. The predicted molar refractivity (Wildman–Crippen MR) is 142 cm³/mol. The lowest BCUT2D eigenvalue weighted by molar-refractivity contribution is -0.113. The number of thioether (sulfide) groups is 1. The summed E-state index contributed by atoms with van der Waals surface area (Å²) in [7, 11) is 1.85. The lowest BCUT2D eigenvalue weighted by Crippen LogP contribution is -2.31. The lowest BCUT2D eigenvalue weighted by Gasteiger charge is -2.19. The van der Waals surface area contributed by atoms with Gasteiger partial charge in [-0.3, -0.25) is 9.59 Å². The SMILES string of the molecule is CC(C)CC(NC(=O)c1cccs1)c1nnc(SCC(=O)Nc2nc(-c3ccccc3)cs2)n1C. The molecule has 11 heteroatoms. The first kappa shape index (κ1) is 25.1. The average Bonchev–Trinajstić information content (AvgIpc) is 3.59. The van der Waals surface area contributed by atoms with Crippen molar-refractivity contribution in [3.63, 3.8) is 0 Å². The van der Waals surface area contributed by atoms with E-state index in [4.69, 9.17) is 0 Å². The van der Waals surface area contributed by atoms with Crippen molar-refractivity contribution in [2.24, 2.45) is 13.0 Å². The van der Waals surface area contributed by atoms with Crippen LogP contribution in [-0.2, 0) is 11.8 Å². The number of thiophene rings is 1. The second-order valence-electron chi connectivity index (χ2n) is 8.27. The van der Waals surface area contributed by atoms with Gasteiger partial charge in [-0.2, -0.15) is 0 Å². The smallest absolute Gasteiger partial charge is 0.261 e. The molecule has 0 bridgehead atoms. The zero-order chi connectivity index (χ0) is 24.8. The number of nitrogens with zero attached hydrogens (tertiary/aromatic N) is 4. The molecule has 3 aromatic heterocycles. The molecule has 182 valence electrons. The van der Waals surface area contributed by atoms with E-state index < -0.39 is 0 Å². The Morgan fingerprint density at radius 2 is 1.89 bits per heavy atom. The normalized spacial score (nSPS) is 12.0. The summed E-state index contributed by atoms with van der Waals surface area (Å²) in [4.78, 5) is 30.3. The van der Waals surface area contributed by atoms with Crippen LogP contribution in [0.4, 0.5) is 5.13 Å². The van der Waals surface area contributed by atoms with Crippen LogP contribution in [-0.4, -0.2) is 37.3 Å². The monoisotopic (exact) mass is 526 g/mol. The summed E-state index contributed by atoms with van der Waals surface area (Å²) in [5, 5.41) is 19.5. The zero-order valence-electron chi connectivity index (χ0n) is 19.6. The Morgan fingerprint density at radius 1 is 1.09 bits per heavy atom. The molecular weight excluding hydrogens is 501 g/mol. The van der Waals surface area contributed by atoms with E-state index >= 15 is 0 Å². The van der Waals surface area contributed by atoms with Crippen molar-refractivity contribution in [2.45, 2.75) is 31.5 Å². The number of hydrogen-bond acceptors (Lipinski definition) is 8. The summed E-state index contributed by atoms with van der Waals surface area (Å²) in [6, 6.07) is 13.2. The standard InChI is InChI=1S/C24H26N6O2S3/c1-15(2)12-17(25-22(32)19-10-7-11-33-19)21-28-29-24(30(21)3)35-14-20(31)27-23-26-18(13-34-23)16-8-5-4-6-9-16/h4-11,13,15,17H,12,14H2,1-3H3,(H,25,32)(H,26,27,31). The van der Waals surface area contributed by atoms with Crippen molar-refractivity contribution < 1.29 is 9.59 Å². The van der Waals surface area contributed by atoms with Gasteiger partial charge in [0.1, 0.15) is 0 Å². The lowest BCUT2D eigenvalue weighted by atomic mass is 10.0. The van der Waals surface area contributed by atoms with E-state index in [1.54, 1.807) is 6.07 Å². The first-order valence-corrected chi connectivity index (χ1v) is 13.8. The van der Waals surface area contributed by atoms with Crippen molar-refractivity contribution in [1.29, 1.82) is 0 Å². The van der Waals surface area contributed by atoms with Crippen molar-refractivity contribution in [1.82, 2.24) is 25.1 Å². The molecule has 0 aliphatic rings. The average molecular weight is 527 g/mol. The molecule has 8 nitrogen and oxygen atoms in total. The molecular formula is C24H26N6O2S3. The van der Waals surface area contributed by atoms with Crippen LogP contribution < -0.4 is 10.6 Å². The maximum Gasteiger partial charge on any atom is 0.261 e. The van der Waals surface area contributed by atoms with E-state index in [0.717, 1.165) is 17.7 Å². The van der Waals surface area contributed by atoms with Gasteiger partial charge < -0.3 is 15.2 Å². The molecule has 0 fully saturated rings. The highest BCUT2D eigenvalue weighted by Crippen LogP contribution is 2.26. The van der Waals surface area contributed by atoms with Gasteiger partial charge >= 0.3 is 0 Å². The number of nitrogens with one attached hydrogen (secondary N) is 2. The maximum atomic E-state index is 12.6. The van der Waals surface area contributed by atoms with E-state index in [0.29, 0.717) is 26.9 Å². The number of amides is 2. The van der Waals surface area contributed by atoms with Gasteiger partial charge in [-0.15, -0.1) is 32.9 Å². The van der Waals surface area contributed by atoms with E-state index in [9.17, 15) is 9.59 Å². The number of hydrogen-bond donors (Lipinski definition) is 2. The van der Waals surface area contributed by atoms with Crippen molar-refractivity contribution in [3.8, 4) is 11.3 Å². The van der Waals surface area contributed by atoms with Crippen LogP contribution in [0.25, 0.3) is 11.3 Å². The Kier molecular flexibility index (Phi) is 8.32. The predicted octanol–water partition coefficient (Wildman–Crippen LogP) is 5.25. The van der Waals surface area contributed by atoms with Gasteiger partial charge in [0.15, 0.2) is 16.1 Å². The Bertz CT molecular complexity index is 1270. The van der Waals surface area contributed by atoms with Gasteiger partial charge in [-0.05, 0) is 23.8 Å². The summed E-state index contributed by atoms with van der Waals surface area (Å²) < 4.78 is 1.84. The molecule has 2 N–H and O–H groups in total. The van der Waals surface area contributed by atoms with Gasteiger partial charge in [0.2, 0.25) is 5.91 Å². The molecule has 1 unspecified atom stereocenters. The number of aromatic nitrogens is 4. The first-order chi connectivity index (χ1) is 16.9. The van der Waals surface area contributed by atoms with Gasteiger partial charge in [-0.25, -0.2) is 4.98 Å². The minimum atomic E-state index is -0.281. The molecule has 0 radical (unpaired) electrons. The van der Waals surface area contributed by atoms with Crippen molar-refractivity contribution >= 4 is 51.4 Å². The quantitative estimate of drug-likeness (QED) is 0.274. The van der Waals surface area contributed by atoms with E-state index in [-0.39, 0.29) is 23.6 Å². The fourth-order valence-electron chi connectivity index (χ4n) is 3.45. The fourth-order valence-corrected chi connectivity index (χ4v) is 5.53. The molecule has 0 spiro atoms. The molecule has 1 aromatic carbocycles. The number of benzene rings is 1. The third kappa shape index (κ3) is 6.56. The van der Waals surface area contributed by atoms with Crippen LogP contribution in [0, 0.1) is 5.92 Å². The Labute approximate surface area is 216 Å². The Balaban J connectivity index is 1.37. The van der Waals surface area contributed by atoms with Crippen LogP contribution in [0.5, 0.6) is 0 Å². The minimum absolute atomic E-state index is 0.124. The number of thiazole rings is 1. The van der Waals surface area contributed by atoms with Crippen molar-refractivity contribution in [2.75, 3.05) is 11.1 Å². The number of carbonyl (C=O) groups is 2.